The van der Waals surface area contributed by atoms with Gasteiger partial charge in [0, 0.05) is 32.1 Å². The number of likely N-dealkylation sites (tertiary alicyclic amines) is 1. The van der Waals surface area contributed by atoms with Gasteiger partial charge in [-0.2, -0.15) is 0 Å². The number of nitrogens with one attached hydrogen (secondary N) is 1. The van der Waals surface area contributed by atoms with Crippen LogP contribution in [0.5, 0.6) is 0 Å². The number of aromatic nitrogens is 2. The minimum Gasteiger partial charge on any atom is -0.373 e. The molecule has 0 bridgehead atoms. The zero-order valence-corrected chi connectivity index (χ0v) is 14.1. The van der Waals surface area contributed by atoms with Crippen LogP contribution in [-0.4, -0.2) is 55.1 Å². The molecule has 21 heavy (non-hydrogen) atoms. The maximum Gasteiger partial charge on any atom is 0.137 e. The van der Waals surface area contributed by atoms with Crippen LogP contribution >= 0.6 is 0 Å². The van der Waals surface area contributed by atoms with Crippen molar-refractivity contribution in [2.24, 2.45) is 0 Å². The molecule has 118 valence electrons. The Kier molecular flexibility index (Phi) is 5.39. The molecule has 0 amide bonds. The lowest BCUT2D eigenvalue weighted by atomic mass is 10.0. The molecule has 1 aromatic rings. The van der Waals surface area contributed by atoms with E-state index in [-0.39, 0.29) is 0 Å². The Hall–Kier alpha value is -1.36. The van der Waals surface area contributed by atoms with Gasteiger partial charge in [-0.3, -0.25) is 0 Å². The molecule has 0 saturated carbocycles. The van der Waals surface area contributed by atoms with Crippen LogP contribution < -0.4 is 10.2 Å². The van der Waals surface area contributed by atoms with Crippen LogP contribution in [0.3, 0.4) is 0 Å². The van der Waals surface area contributed by atoms with Crippen molar-refractivity contribution in [1.82, 2.24) is 14.9 Å². The highest BCUT2D eigenvalue weighted by atomic mass is 15.2. The van der Waals surface area contributed by atoms with Crippen molar-refractivity contribution in [3.05, 3.63) is 11.4 Å². The molecule has 0 atom stereocenters. The summed E-state index contributed by atoms with van der Waals surface area (Å²) in [6.45, 7) is 6.62. The topological polar surface area (TPSA) is 44.3 Å². The van der Waals surface area contributed by atoms with E-state index in [1.54, 1.807) is 0 Å². The monoisotopic (exact) mass is 291 g/mol. The summed E-state index contributed by atoms with van der Waals surface area (Å²) in [7, 11) is 6.31. The molecule has 5 nitrogen and oxygen atoms in total. The van der Waals surface area contributed by atoms with Crippen molar-refractivity contribution in [1.29, 1.82) is 0 Å². The first-order chi connectivity index (χ1) is 10.1. The maximum absolute atomic E-state index is 4.83. The first-order valence-electron chi connectivity index (χ1n) is 8.03. The van der Waals surface area contributed by atoms with Crippen LogP contribution in [0.2, 0.25) is 0 Å². The molecule has 1 saturated heterocycles. The molecule has 1 aliphatic rings. The minimum absolute atomic E-state index is 0.578. The summed E-state index contributed by atoms with van der Waals surface area (Å²) < 4.78 is 0. The Balaban J connectivity index is 2.26. The molecule has 1 aromatic heterocycles. The molecule has 2 heterocycles. The van der Waals surface area contributed by atoms with Crippen molar-refractivity contribution in [3.8, 4) is 0 Å². The smallest absolute Gasteiger partial charge is 0.137 e. The molecule has 2 rings (SSSR count). The van der Waals surface area contributed by atoms with Gasteiger partial charge in [0.2, 0.25) is 0 Å². The standard InChI is InChI=1S/C16H29N5/c1-6-7-14-18-15(17-3)12(2)16(19-14)21(5)13-8-10-20(4)11-9-13/h13H,6-11H2,1-5H3,(H,17,18,19). The predicted molar refractivity (Wildman–Crippen MR) is 89.2 cm³/mol. The molecular weight excluding hydrogens is 262 g/mol. The number of aryl methyl sites for hydroxylation is 1. The fourth-order valence-corrected chi connectivity index (χ4v) is 3.03. The van der Waals surface area contributed by atoms with E-state index in [0.717, 1.165) is 35.9 Å². The van der Waals surface area contributed by atoms with E-state index in [1.807, 2.05) is 7.05 Å². The fraction of sp³-hybridized carbons (Fsp3) is 0.750. The van der Waals surface area contributed by atoms with E-state index in [9.17, 15) is 0 Å². The Morgan fingerprint density at radius 2 is 1.95 bits per heavy atom. The highest BCUT2D eigenvalue weighted by Gasteiger charge is 2.24. The van der Waals surface area contributed by atoms with Crippen LogP contribution in [0, 0.1) is 6.92 Å². The van der Waals surface area contributed by atoms with E-state index < -0.39 is 0 Å². The molecule has 0 spiro atoms. The summed E-state index contributed by atoms with van der Waals surface area (Å²) in [4.78, 5) is 14.2. The van der Waals surface area contributed by atoms with Gasteiger partial charge < -0.3 is 15.1 Å². The average molecular weight is 291 g/mol. The van der Waals surface area contributed by atoms with Crippen molar-refractivity contribution in [2.75, 3.05) is 44.4 Å². The Morgan fingerprint density at radius 1 is 1.29 bits per heavy atom. The van der Waals surface area contributed by atoms with E-state index in [4.69, 9.17) is 4.98 Å². The number of anilines is 2. The SMILES string of the molecule is CCCc1nc(NC)c(C)c(N(C)C2CCN(C)CC2)n1. The highest BCUT2D eigenvalue weighted by Crippen LogP contribution is 2.27. The third-order valence-electron chi connectivity index (χ3n) is 4.45. The molecule has 5 heteroatoms. The number of nitrogens with zero attached hydrogens (tertiary/aromatic N) is 4. The Bertz CT molecular complexity index is 466. The fourth-order valence-electron chi connectivity index (χ4n) is 3.03. The maximum atomic E-state index is 4.83. The zero-order chi connectivity index (χ0) is 15.4. The second kappa shape index (κ2) is 7.07. The van der Waals surface area contributed by atoms with Gasteiger partial charge in [0.05, 0.1) is 0 Å². The zero-order valence-electron chi connectivity index (χ0n) is 14.1. The van der Waals surface area contributed by atoms with Crippen LogP contribution in [0.15, 0.2) is 0 Å². The van der Waals surface area contributed by atoms with E-state index in [2.05, 4.69) is 48.0 Å². The van der Waals surface area contributed by atoms with E-state index >= 15 is 0 Å². The second-order valence-corrected chi connectivity index (χ2v) is 6.08. The Morgan fingerprint density at radius 3 is 2.52 bits per heavy atom. The second-order valence-electron chi connectivity index (χ2n) is 6.08. The molecule has 0 unspecified atom stereocenters. The lowest BCUT2D eigenvalue weighted by molar-refractivity contribution is 0.252. The van der Waals surface area contributed by atoms with Gasteiger partial charge in [0.25, 0.3) is 0 Å². The molecule has 0 aliphatic carbocycles. The lowest BCUT2D eigenvalue weighted by Gasteiger charge is -2.36. The molecule has 1 fully saturated rings. The average Bonchev–Trinajstić information content (AvgIpc) is 2.49. The molecular formula is C16H29N5. The van der Waals surface area contributed by atoms with Gasteiger partial charge in [-0.25, -0.2) is 9.97 Å². The van der Waals surface area contributed by atoms with Crippen molar-refractivity contribution in [3.63, 3.8) is 0 Å². The van der Waals surface area contributed by atoms with Crippen LogP contribution in [-0.2, 0) is 6.42 Å². The van der Waals surface area contributed by atoms with Gasteiger partial charge in [-0.15, -0.1) is 0 Å². The van der Waals surface area contributed by atoms with Gasteiger partial charge in [-0.1, -0.05) is 6.92 Å². The number of hydrogen-bond acceptors (Lipinski definition) is 5. The predicted octanol–water partition coefficient (Wildman–Crippen LogP) is 2.31. The first-order valence-corrected chi connectivity index (χ1v) is 8.03. The largest absolute Gasteiger partial charge is 0.373 e. The highest BCUT2D eigenvalue weighted by molar-refractivity contribution is 5.58. The van der Waals surface area contributed by atoms with Crippen LogP contribution in [0.4, 0.5) is 11.6 Å². The third-order valence-corrected chi connectivity index (χ3v) is 4.45. The summed E-state index contributed by atoms with van der Waals surface area (Å²) in [5.41, 5.74) is 1.15. The minimum atomic E-state index is 0.578. The summed E-state index contributed by atoms with van der Waals surface area (Å²) in [5.74, 6) is 3.00. The number of piperidine rings is 1. The van der Waals surface area contributed by atoms with Crippen molar-refractivity contribution >= 4 is 11.6 Å². The summed E-state index contributed by atoms with van der Waals surface area (Å²) in [6, 6.07) is 0.578. The van der Waals surface area contributed by atoms with Crippen molar-refractivity contribution in [2.45, 2.75) is 45.6 Å². The molecule has 0 aromatic carbocycles. The van der Waals surface area contributed by atoms with Gasteiger partial charge >= 0.3 is 0 Å². The van der Waals surface area contributed by atoms with Gasteiger partial charge in [0.1, 0.15) is 17.5 Å². The lowest BCUT2D eigenvalue weighted by Crippen LogP contribution is -2.42. The van der Waals surface area contributed by atoms with Crippen LogP contribution in [0.1, 0.15) is 37.6 Å². The van der Waals surface area contributed by atoms with Crippen LogP contribution in [0.25, 0.3) is 0 Å². The summed E-state index contributed by atoms with van der Waals surface area (Å²) >= 11 is 0. The summed E-state index contributed by atoms with van der Waals surface area (Å²) in [5, 5.41) is 3.21. The number of hydrogen-bond donors (Lipinski definition) is 1. The van der Waals surface area contributed by atoms with Crippen molar-refractivity contribution < 1.29 is 0 Å². The first kappa shape index (κ1) is 16.0. The number of rotatable bonds is 5. The van der Waals surface area contributed by atoms with E-state index in [0.29, 0.717) is 6.04 Å². The van der Waals surface area contributed by atoms with Gasteiger partial charge in [-0.05, 0) is 46.3 Å². The normalized spacial score (nSPS) is 17.0. The molecule has 0 radical (unpaired) electrons. The quantitative estimate of drug-likeness (QED) is 0.902. The third kappa shape index (κ3) is 3.64. The van der Waals surface area contributed by atoms with E-state index in [1.165, 1.54) is 25.9 Å². The Labute approximate surface area is 128 Å². The molecule has 1 N–H and O–H groups in total. The summed E-state index contributed by atoms with van der Waals surface area (Å²) in [6.07, 6.45) is 4.41. The van der Waals surface area contributed by atoms with Gasteiger partial charge in [0.15, 0.2) is 0 Å². The molecule has 1 aliphatic heterocycles.